The highest BCUT2D eigenvalue weighted by Crippen LogP contribution is 2.19. The van der Waals surface area contributed by atoms with E-state index < -0.39 is 45.3 Å². The smallest absolute Gasteiger partial charge is 0.303 e. The van der Waals surface area contributed by atoms with E-state index in [4.69, 9.17) is 16.7 Å². The monoisotopic (exact) mass is 304 g/mol. The summed E-state index contributed by atoms with van der Waals surface area (Å²) in [5.74, 6) is -0.580. The molecule has 0 aromatic heterocycles. The van der Waals surface area contributed by atoms with E-state index in [1.54, 1.807) is 0 Å². The third-order valence-electron chi connectivity index (χ3n) is 2.28. The molecule has 6 nitrogen and oxygen atoms in total. The van der Waals surface area contributed by atoms with Crippen LogP contribution < -0.4 is 5.14 Å². The van der Waals surface area contributed by atoms with Gasteiger partial charge in [-0.3, -0.25) is 9.79 Å². The summed E-state index contributed by atoms with van der Waals surface area (Å²) in [5.41, 5.74) is -0.465. The zero-order valence-corrected chi connectivity index (χ0v) is 11.9. The summed E-state index contributed by atoms with van der Waals surface area (Å²) >= 11 is 0. The maximum absolute atomic E-state index is 14.1. The van der Waals surface area contributed by atoms with Crippen molar-refractivity contribution in [2.75, 3.05) is 6.54 Å². The normalized spacial score (nSPS) is 13.6. The Bertz CT molecular complexity index is 558. The zero-order valence-electron chi connectivity index (χ0n) is 11.1. The van der Waals surface area contributed by atoms with Crippen molar-refractivity contribution in [3.05, 3.63) is 10.7 Å². The van der Waals surface area contributed by atoms with E-state index in [0.29, 0.717) is 6.42 Å². The van der Waals surface area contributed by atoms with Crippen LogP contribution in [0.15, 0.2) is 15.7 Å². The van der Waals surface area contributed by atoms with Gasteiger partial charge in [0.1, 0.15) is 5.71 Å². The van der Waals surface area contributed by atoms with Crippen LogP contribution in [0, 0.1) is 12.3 Å². The molecule has 112 valence electrons. The van der Waals surface area contributed by atoms with Gasteiger partial charge in [-0.2, -0.15) is 0 Å². The molecule has 8 heteroatoms. The Kier molecular flexibility index (Phi) is 7.72. The molecule has 0 amide bonds. The molecule has 0 atom stereocenters. The number of carbonyl (C=O) groups is 1. The number of nitrogens with two attached hydrogens (primary N) is 1. The third kappa shape index (κ3) is 6.45. The molecule has 0 saturated heterocycles. The van der Waals surface area contributed by atoms with Gasteiger partial charge in [-0.1, -0.05) is 13.3 Å². The van der Waals surface area contributed by atoms with Crippen LogP contribution in [0.5, 0.6) is 0 Å². The number of aliphatic imine (C=N–C) groups is 1. The van der Waals surface area contributed by atoms with Crippen molar-refractivity contribution in [3.63, 3.8) is 0 Å². The van der Waals surface area contributed by atoms with E-state index in [-0.39, 0.29) is 6.54 Å². The first-order chi connectivity index (χ1) is 9.23. The molecule has 0 bridgehead atoms. The fraction of sp³-hybridized carbons (Fsp3) is 0.500. The zero-order chi connectivity index (χ0) is 15.8. The molecule has 0 unspecified atom stereocenters. The number of halogens is 1. The van der Waals surface area contributed by atoms with Crippen molar-refractivity contribution in [3.8, 4) is 12.3 Å². The second-order valence-corrected chi connectivity index (χ2v) is 5.49. The van der Waals surface area contributed by atoms with Gasteiger partial charge in [0, 0.05) is 6.54 Å². The molecule has 0 heterocycles. The van der Waals surface area contributed by atoms with E-state index in [2.05, 4.69) is 4.99 Å². The molecule has 0 radical (unpaired) electrons. The van der Waals surface area contributed by atoms with Crippen LogP contribution in [-0.4, -0.2) is 31.8 Å². The highest BCUT2D eigenvalue weighted by Gasteiger charge is 2.22. The first kappa shape index (κ1) is 18.3. The van der Waals surface area contributed by atoms with Gasteiger partial charge in [-0.15, -0.1) is 6.42 Å². The highest BCUT2D eigenvalue weighted by molar-refractivity contribution is 7.93. The Morgan fingerprint density at radius 1 is 1.45 bits per heavy atom. The van der Waals surface area contributed by atoms with E-state index in [1.807, 2.05) is 12.8 Å². The molecule has 0 aromatic rings. The average molecular weight is 304 g/mol. The summed E-state index contributed by atoms with van der Waals surface area (Å²) < 4.78 is 36.7. The predicted octanol–water partition coefficient (Wildman–Crippen LogP) is 1.20. The largest absolute Gasteiger partial charge is 0.481 e. The summed E-state index contributed by atoms with van der Waals surface area (Å²) in [7, 11) is -4.38. The van der Waals surface area contributed by atoms with E-state index in [0.717, 1.165) is 6.42 Å². The molecule has 20 heavy (non-hydrogen) atoms. The number of allylic oxidation sites excluding steroid dienone is 2. The molecule has 0 saturated carbocycles. The number of rotatable bonds is 8. The van der Waals surface area contributed by atoms with Gasteiger partial charge in [0.2, 0.25) is 10.0 Å². The van der Waals surface area contributed by atoms with Crippen LogP contribution in [0.25, 0.3) is 0 Å². The molecule has 0 aromatic carbocycles. The number of aliphatic carboxylic acids is 1. The van der Waals surface area contributed by atoms with Crippen LogP contribution in [-0.2, 0) is 14.8 Å². The van der Waals surface area contributed by atoms with Crippen LogP contribution in [0.3, 0.4) is 0 Å². The first-order valence-corrected chi connectivity index (χ1v) is 7.43. The SMILES string of the molecule is C#CC(=NCCCC)C(F)=C(CCC(=O)O)S(N)(=O)=O. The summed E-state index contributed by atoms with van der Waals surface area (Å²) in [5, 5.41) is 13.4. The second kappa shape index (κ2) is 8.45. The number of hydrogen-bond donors (Lipinski definition) is 2. The highest BCUT2D eigenvalue weighted by atomic mass is 32.2. The minimum Gasteiger partial charge on any atom is -0.481 e. The van der Waals surface area contributed by atoms with Gasteiger partial charge in [-0.25, -0.2) is 17.9 Å². The van der Waals surface area contributed by atoms with Gasteiger partial charge >= 0.3 is 5.97 Å². The number of hydrogen-bond acceptors (Lipinski definition) is 4. The van der Waals surface area contributed by atoms with Crippen molar-refractivity contribution in [1.82, 2.24) is 0 Å². The Morgan fingerprint density at radius 3 is 2.45 bits per heavy atom. The standard InChI is InChI=1S/C12H17FN2O4S/c1-3-5-8-15-9(4-2)12(13)10(20(14,18)19)6-7-11(16)17/h2H,3,5-8H2,1H3,(H,16,17)(H2,14,18,19). The molecule has 0 fully saturated rings. The average Bonchev–Trinajstić information content (AvgIpc) is 2.32. The van der Waals surface area contributed by atoms with Crippen molar-refractivity contribution in [2.24, 2.45) is 10.1 Å². The lowest BCUT2D eigenvalue weighted by molar-refractivity contribution is -0.136. The quantitative estimate of drug-likeness (QED) is 0.399. The second-order valence-electron chi connectivity index (χ2n) is 3.90. The first-order valence-electron chi connectivity index (χ1n) is 5.88. The van der Waals surface area contributed by atoms with Crippen molar-refractivity contribution < 1.29 is 22.7 Å². The number of nitrogens with zero attached hydrogens (tertiary/aromatic N) is 1. The van der Waals surface area contributed by atoms with Crippen LogP contribution in [0.2, 0.25) is 0 Å². The molecule has 0 aliphatic heterocycles. The van der Waals surface area contributed by atoms with E-state index in [9.17, 15) is 17.6 Å². The maximum Gasteiger partial charge on any atom is 0.303 e. The van der Waals surface area contributed by atoms with Gasteiger partial charge in [-0.05, 0) is 18.8 Å². The van der Waals surface area contributed by atoms with Crippen molar-refractivity contribution in [1.29, 1.82) is 0 Å². The fourth-order valence-corrected chi connectivity index (χ4v) is 1.99. The van der Waals surface area contributed by atoms with Gasteiger partial charge in [0.25, 0.3) is 0 Å². The fourth-order valence-electron chi connectivity index (χ4n) is 1.26. The number of unbranched alkanes of at least 4 members (excludes halogenated alkanes) is 1. The Hall–Kier alpha value is -1.72. The van der Waals surface area contributed by atoms with Crippen LogP contribution in [0.1, 0.15) is 32.6 Å². The molecule has 0 spiro atoms. The van der Waals surface area contributed by atoms with Crippen LogP contribution >= 0.6 is 0 Å². The molecule has 3 N–H and O–H groups in total. The van der Waals surface area contributed by atoms with E-state index in [1.165, 1.54) is 0 Å². The lowest BCUT2D eigenvalue weighted by Gasteiger charge is -2.06. The van der Waals surface area contributed by atoms with Crippen molar-refractivity contribution >= 4 is 21.7 Å². The van der Waals surface area contributed by atoms with E-state index >= 15 is 0 Å². The molecular formula is C12H17FN2O4S. The summed E-state index contributed by atoms with van der Waals surface area (Å²) in [6.45, 7) is 2.15. The predicted molar refractivity (Wildman–Crippen MR) is 74.2 cm³/mol. The number of sulfonamides is 1. The lowest BCUT2D eigenvalue weighted by atomic mass is 10.2. The van der Waals surface area contributed by atoms with Crippen molar-refractivity contribution in [2.45, 2.75) is 32.6 Å². The van der Waals surface area contributed by atoms with Gasteiger partial charge < -0.3 is 5.11 Å². The topological polar surface area (TPSA) is 110 Å². The van der Waals surface area contributed by atoms with Crippen LogP contribution in [0.4, 0.5) is 4.39 Å². The summed E-state index contributed by atoms with van der Waals surface area (Å²) in [4.78, 5) is 13.4. The summed E-state index contributed by atoms with van der Waals surface area (Å²) in [6.07, 6.45) is 5.41. The molecule has 0 aliphatic rings. The minimum absolute atomic E-state index is 0.250. The number of primary sulfonamides is 1. The van der Waals surface area contributed by atoms with Gasteiger partial charge in [0.15, 0.2) is 5.83 Å². The number of carboxylic acid groups (broad SMARTS) is 1. The minimum atomic E-state index is -4.38. The third-order valence-corrected chi connectivity index (χ3v) is 3.35. The number of carboxylic acids is 1. The molecule has 0 rings (SSSR count). The lowest BCUT2D eigenvalue weighted by Crippen LogP contribution is -2.19. The number of terminal acetylenes is 1. The molecular weight excluding hydrogens is 287 g/mol. The molecule has 0 aliphatic carbocycles. The maximum atomic E-state index is 14.1. The summed E-state index contributed by atoms with van der Waals surface area (Å²) in [6, 6.07) is 0. The Labute approximate surface area is 117 Å². The Morgan fingerprint density at radius 2 is 2.05 bits per heavy atom. The Balaban J connectivity index is 5.51. The van der Waals surface area contributed by atoms with Gasteiger partial charge in [0.05, 0.1) is 11.3 Å².